The summed E-state index contributed by atoms with van der Waals surface area (Å²) in [5.74, 6) is -0.631. The van der Waals surface area contributed by atoms with Crippen LogP contribution in [0.3, 0.4) is 0 Å². The Hall–Kier alpha value is -3.18. The number of hydrogen-bond acceptors (Lipinski definition) is 3. The summed E-state index contributed by atoms with van der Waals surface area (Å²) in [5.41, 5.74) is 5.03. The molecule has 3 aromatic rings. The first-order valence-corrected chi connectivity index (χ1v) is 10.7. The molecule has 0 bridgehead atoms. The normalized spacial score (nSPS) is 12.3. The molecule has 4 nitrogen and oxygen atoms in total. The Labute approximate surface area is 181 Å². The molecular weight excluding hydrogens is 392 g/mol. The third kappa shape index (κ3) is 5.45. The third-order valence-electron chi connectivity index (χ3n) is 4.85. The quantitative estimate of drug-likeness (QED) is 0.532. The van der Waals surface area contributed by atoms with Gasteiger partial charge in [0.1, 0.15) is 5.70 Å². The van der Waals surface area contributed by atoms with Crippen molar-refractivity contribution in [2.24, 2.45) is 0 Å². The van der Waals surface area contributed by atoms with Gasteiger partial charge in [-0.15, -0.1) is 11.3 Å². The van der Waals surface area contributed by atoms with Crippen molar-refractivity contribution in [2.45, 2.75) is 33.7 Å². The van der Waals surface area contributed by atoms with E-state index in [1.807, 2.05) is 57.3 Å². The van der Waals surface area contributed by atoms with Gasteiger partial charge in [-0.05, 0) is 68.5 Å². The van der Waals surface area contributed by atoms with Crippen molar-refractivity contribution < 1.29 is 9.59 Å². The molecule has 5 heteroatoms. The van der Waals surface area contributed by atoms with Crippen LogP contribution in [0, 0.1) is 20.8 Å². The summed E-state index contributed by atoms with van der Waals surface area (Å²) in [7, 11) is 0. The van der Waals surface area contributed by atoms with Crippen LogP contribution in [-0.2, 0) is 4.79 Å². The van der Waals surface area contributed by atoms with E-state index in [4.69, 9.17) is 0 Å². The second-order valence-electron chi connectivity index (χ2n) is 7.45. The molecule has 0 radical (unpaired) electrons. The highest BCUT2D eigenvalue weighted by Crippen LogP contribution is 2.20. The predicted molar refractivity (Wildman–Crippen MR) is 123 cm³/mol. The zero-order valence-corrected chi connectivity index (χ0v) is 18.5. The SMILES string of the molecule is Cc1cccc(C(=O)N/C(=C\c2cccs2)C(=O)NC(C)c2cc(C)ccc2C)c1. The second kappa shape index (κ2) is 9.55. The fourth-order valence-electron chi connectivity index (χ4n) is 3.23. The second-order valence-corrected chi connectivity index (χ2v) is 8.43. The number of amides is 2. The van der Waals surface area contributed by atoms with E-state index in [1.165, 1.54) is 11.3 Å². The van der Waals surface area contributed by atoms with Crippen molar-refractivity contribution in [3.63, 3.8) is 0 Å². The molecule has 0 spiro atoms. The average Bonchev–Trinajstić information content (AvgIpc) is 3.22. The minimum Gasteiger partial charge on any atom is -0.344 e. The molecule has 0 aliphatic rings. The van der Waals surface area contributed by atoms with Crippen LogP contribution in [-0.4, -0.2) is 11.8 Å². The van der Waals surface area contributed by atoms with Gasteiger partial charge in [-0.3, -0.25) is 9.59 Å². The fourth-order valence-corrected chi connectivity index (χ4v) is 3.89. The molecular formula is C25H26N2O2S. The number of carbonyl (C=O) groups is 2. The first-order chi connectivity index (χ1) is 14.3. The van der Waals surface area contributed by atoms with Crippen LogP contribution < -0.4 is 10.6 Å². The van der Waals surface area contributed by atoms with E-state index in [0.29, 0.717) is 5.56 Å². The van der Waals surface area contributed by atoms with Gasteiger partial charge >= 0.3 is 0 Å². The molecule has 1 heterocycles. The molecule has 1 unspecified atom stereocenters. The Morgan fingerprint density at radius 3 is 2.43 bits per heavy atom. The fraction of sp³-hybridized carbons (Fsp3) is 0.200. The minimum atomic E-state index is -0.321. The smallest absolute Gasteiger partial charge is 0.268 e. The molecule has 3 rings (SSSR count). The monoisotopic (exact) mass is 418 g/mol. The minimum absolute atomic E-state index is 0.194. The Morgan fingerprint density at radius 1 is 0.967 bits per heavy atom. The highest BCUT2D eigenvalue weighted by molar-refractivity contribution is 7.10. The van der Waals surface area contributed by atoms with Crippen LogP contribution in [0.2, 0.25) is 0 Å². The molecule has 0 aliphatic carbocycles. The van der Waals surface area contributed by atoms with Gasteiger partial charge in [0.05, 0.1) is 6.04 Å². The van der Waals surface area contributed by atoms with Gasteiger partial charge in [0.25, 0.3) is 11.8 Å². The van der Waals surface area contributed by atoms with E-state index in [1.54, 1.807) is 18.2 Å². The largest absolute Gasteiger partial charge is 0.344 e. The maximum Gasteiger partial charge on any atom is 0.268 e. The number of carbonyl (C=O) groups excluding carboxylic acids is 2. The van der Waals surface area contributed by atoms with Crippen LogP contribution in [0.4, 0.5) is 0 Å². The van der Waals surface area contributed by atoms with Gasteiger partial charge in [-0.25, -0.2) is 0 Å². The number of thiophene rings is 1. The van der Waals surface area contributed by atoms with Crippen molar-refractivity contribution in [1.29, 1.82) is 0 Å². The highest BCUT2D eigenvalue weighted by Gasteiger charge is 2.18. The summed E-state index contributed by atoms with van der Waals surface area (Å²) in [6.07, 6.45) is 1.71. The summed E-state index contributed by atoms with van der Waals surface area (Å²) >= 11 is 1.51. The van der Waals surface area contributed by atoms with Gasteiger partial charge in [0.2, 0.25) is 0 Å². The zero-order valence-electron chi connectivity index (χ0n) is 17.7. The molecule has 0 saturated carbocycles. The van der Waals surface area contributed by atoms with E-state index in [2.05, 4.69) is 28.8 Å². The number of nitrogens with one attached hydrogen (secondary N) is 2. The Morgan fingerprint density at radius 2 is 1.73 bits per heavy atom. The first kappa shape index (κ1) is 21.5. The molecule has 154 valence electrons. The molecule has 0 fully saturated rings. The van der Waals surface area contributed by atoms with Crippen LogP contribution in [0.15, 0.2) is 65.7 Å². The van der Waals surface area contributed by atoms with Crippen molar-refractivity contribution in [2.75, 3.05) is 0 Å². The first-order valence-electron chi connectivity index (χ1n) is 9.84. The van der Waals surface area contributed by atoms with Crippen molar-refractivity contribution in [1.82, 2.24) is 10.6 Å². The van der Waals surface area contributed by atoms with Gasteiger partial charge in [-0.1, -0.05) is 47.5 Å². The summed E-state index contributed by atoms with van der Waals surface area (Å²) in [4.78, 5) is 26.8. The zero-order chi connectivity index (χ0) is 21.7. The van der Waals surface area contributed by atoms with Crippen molar-refractivity contribution in [3.05, 3.63) is 98.4 Å². The number of benzene rings is 2. The van der Waals surface area contributed by atoms with E-state index in [-0.39, 0.29) is 23.6 Å². The third-order valence-corrected chi connectivity index (χ3v) is 5.67. The Bertz CT molecular complexity index is 1080. The summed E-state index contributed by atoms with van der Waals surface area (Å²) in [6.45, 7) is 7.93. The van der Waals surface area contributed by atoms with Gasteiger partial charge < -0.3 is 10.6 Å². The summed E-state index contributed by atoms with van der Waals surface area (Å²) in [5, 5.41) is 7.76. The van der Waals surface area contributed by atoms with E-state index < -0.39 is 0 Å². The average molecular weight is 419 g/mol. The molecule has 0 aliphatic heterocycles. The summed E-state index contributed by atoms with van der Waals surface area (Å²) < 4.78 is 0. The number of aryl methyl sites for hydroxylation is 3. The molecule has 2 N–H and O–H groups in total. The lowest BCUT2D eigenvalue weighted by Crippen LogP contribution is -2.36. The highest BCUT2D eigenvalue weighted by atomic mass is 32.1. The molecule has 2 aromatic carbocycles. The van der Waals surface area contributed by atoms with Crippen LogP contribution >= 0.6 is 11.3 Å². The van der Waals surface area contributed by atoms with Gasteiger partial charge in [0.15, 0.2) is 0 Å². The predicted octanol–water partition coefficient (Wildman–Crippen LogP) is 5.32. The topological polar surface area (TPSA) is 58.2 Å². The number of hydrogen-bond donors (Lipinski definition) is 2. The molecule has 2 amide bonds. The summed E-state index contributed by atoms with van der Waals surface area (Å²) in [6, 6.07) is 17.1. The Kier molecular flexibility index (Phi) is 6.85. The standard InChI is InChI=1S/C25H26N2O2S/c1-16-7-5-8-20(13-16)24(28)27-23(15-21-9-6-12-30-21)25(29)26-19(4)22-14-17(2)10-11-18(22)3/h5-15,19H,1-4H3,(H,26,29)(H,27,28)/b23-15-. The molecule has 1 atom stereocenters. The van der Waals surface area contributed by atoms with Crippen molar-refractivity contribution in [3.8, 4) is 0 Å². The Balaban J connectivity index is 1.84. The van der Waals surface area contributed by atoms with Crippen LogP contribution in [0.5, 0.6) is 0 Å². The van der Waals surface area contributed by atoms with E-state index >= 15 is 0 Å². The lowest BCUT2D eigenvalue weighted by Gasteiger charge is -2.19. The molecule has 1 aromatic heterocycles. The van der Waals surface area contributed by atoms with Crippen LogP contribution in [0.1, 0.15) is 50.5 Å². The maximum atomic E-state index is 13.1. The number of rotatable bonds is 6. The van der Waals surface area contributed by atoms with Crippen LogP contribution in [0.25, 0.3) is 6.08 Å². The van der Waals surface area contributed by atoms with Gasteiger partial charge in [0, 0.05) is 10.4 Å². The van der Waals surface area contributed by atoms with Crippen molar-refractivity contribution >= 4 is 29.2 Å². The molecule has 0 saturated heterocycles. The van der Waals surface area contributed by atoms with E-state index in [9.17, 15) is 9.59 Å². The molecule has 30 heavy (non-hydrogen) atoms. The lowest BCUT2D eigenvalue weighted by atomic mass is 10.00. The maximum absolute atomic E-state index is 13.1. The lowest BCUT2D eigenvalue weighted by molar-refractivity contribution is -0.118. The van der Waals surface area contributed by atoms with E-state index in [0.717, 1.165) is 27.1 Å². The van der Waals surface area contributed by atoms with Gasteiger partial charge in [-0.2, -0.15) is 0 Å².